The summed E-state index contributed by atoms with van der Waals surface area (Å²) >= 11 is 1.36. The average molecular weight is 278 g/mol. The van der Waals surface area contributed by atoms with Crippen LogP contribution in [0.1, 0.15) is 10.7 Å². The Morgan fingerprint density at radius 2 is 2.21 bits per heavy atom. The fourth-order valence-corrected chi connectivity index (χ4v) is 2.19. The lowest BCUT2D eigenvalue weighted by Gasteiger charge is -2.05. The van der Waals surface area contributed by atoms with E-state index in [9.17, 15) is 9.90 Å². The van der Waals surface area contributed by atoms with Crippen LogP contribution in [0.5, 0.6) is 11.5 Å². The minimum absolute atomic E-state index is 0.171. The number of rotatable bonds is 6. The Balaban J connectivity index is 1.94. The van der Waals surface area contributed by atoms with Gasteiger partial charge in [-0.2, -0.15) is 0 Å². The second kappa shape index (κ2) is 6.19. The largest absolute Gasteiger partial charge is 0.550 e. The first-order valence-corrected chi connectivity index (χ1v) is 6.45. The topological polar surface area (TPSA) is 71.5 Å². The number of carboxylic acids is 1. The van der Waals surface area contributed by atoms with Crippen LogP contribution in [-0.2, 0) is 17.8 Å². The molecule has 0 atom stereocenters. The molecule has 0 amide bonds. The van der Waals surface area contributed by atoms with Crippen LogP contribution in [0, 0.1) is 0 Å². The maximum Gasteiger partial charge on any atom is 0.140 e. The second-order valence-electron chi connectivity index (χ2n) is 3.75. The summed E-state index contributed by atoms with van der Waals surface area (Å²) in [5.41, 5.74) is 0.495. The summed E-state index contributed by atoms with van der Waals surface area (Å²) in [6.07, 6.45) is -0.171. The third kappa shape index (κ3) is 3.96. The lowest BCUT2D eigenvalue weighted by atomic mass is 10.3. The van der Waals surface area contributed by atoms with Crippen molar-refractivity contribution < 1.29 is 19.4 Å². The van der Waals surface area contributed by atoms with Gasteiger partial charge in [0.05, 0.1) is 12.8 Å². The third-order valence-corrected chi connectivity index (χ3v) is 3.20. The first kappa shape index (κ1) is 13.4. The standard InChI is InChI=1S/C13H13NO4S/c1-17-10-3-2-4-11(6-10)18-7-12-14-9(8-19-12)5-13(15)16/h2-4,6,8H,5,7H2,1H3,(H,15,16)/p-1. The van der Waals surface area contributed by atoms with E-state index in [0.717, 1.165) is 5.01 Å². The van der Waals surface area contributed by atoms with Crippen molar-refractivity contribution in [2.45, 2.75) is 13.0 Å². The van der Waals surface area contributed by atoms with Gasteiger partial charge in [-0.25, -0.2) is 4.98 Å². The Kier molecular flexibility index (Phi) is 4.35. The molecule has 0 aliphatic heterocycles. The lowest BCUT2D eigenvalue weighted by molar-refractivity contribution is -0.304. The highest BCUT2D eigenvalue weighted by molar-refractivity contribution is 7.09. The lowest BCUT2D eigenvalue weighted by Crippen LogP contribution is -2.24. The molecule has 5 nitrogen and oxygen atoms in total. The van der Waals surface area contributed by atoms with E-state index in [4.69, 9.17) is 9.47 Å². The number of carbonyl (C=O) groups is 1. The van der Waals surface area contributed by atoms with Crippen LogP contribution in [0.2, 0.25) is 0 Å². The number of ether oxygens (including phenoxy) is 2. The van der Waals surface area contributed by atoms with Gasteiger partial charge < -0.3 is 19.4 Å². The Hall–Kier alpha value is -2.08. The molecular weight excluding hydrogens is 266 g/mol. The van der Waals surface area contributed by atoms with Crippen molar-refractivity contribution in [1.82, 2.24) is 4.98 Å². The molecule has 0 bridgehead atoms. The van der Waals surface area contributed by atoms with Gasteiger partial charge >= 0.3 is 0 Å². The number of carbonyl (C=O) groups excluding carboxylic acids is 1. The van der Waals surface area contributed by atoms with E-state index >= 15 is 0 Å². The molecule has 0 spiro atoms. The molecule has 0 saturated carbocycles. The maximum absolute atomic E-state index is 10.4. The molecule has 1 aromatic heterocycles. The zero-order valence-electron chi connectivity index (χ0n) is 10.3. The van der Waals surface area contributed by atoms with Gasteiger partial charge in [0, 0.05) is 23.8 Å². The fourth-order valence-electron chi connectivity index (χ4n) is 1.48. The smallest absolute Gasteiger partial charge is 0.140 e. The summed E-state index contributed by atoms with van der Waals surface area (Å²) in [4.78, 5) is 14.6. The minimum atomic E-state index is -1.13. The molecule has 6 heteroatoms. The van der Waals surface area contributed by atoms with E-state index in [1.54, 1.807) is 18.6 Å². The summed E-state index contributed by atoms with van der Waals surface area (Å²) in [6, 6.07) is 7.25. The number of thiazole rings is 1. The van der Waals surface area contributed by atoms with Crippen LogP contribution in [-0.4, -0.2) is 18.1 Å². The summed E-state index contributed by atoms with van der Waals surface area (Å²) in [5, 5.41) is 12.9. The molecule has 1 aromatic carbocycles. The quantitative estimate of drug-likeness (QED) is 0.789. The van der Waals surface area contributed by atoms with Crippen LogP contribution in [0.15, 0.2) is 29.6 Å². The SMILES string of the molecule is COc1cccc(OCc2nc(CC(=O)[O-])cs2)c1. The summed E-state index contributed by atoms with van der Waals surface area (Å²) in [6.45, 7) is 0.297. The van der Waals surface area contributed by atoms with Crippen LogP contribution >= 0.6 is 11.3 Å². The monoisotopic (exact) mass is 278 g/mol. The van der Waals surface area contributed by atoms with Crippen molar-refractivity contribution in [3.8, 4) is 11.5 Å². The molecule has 2 rings (SSSR count). The number of benzene rings is 1. The van der Waals surface area contributed by atoms with Crippen LogP contribution in [0.25, 0.3) is 0 Å². The molecule has 0 radical (unpaired) electrons. The highest BCUT2D eigenvalue weighted by Gasteiger charge is 2.04. The molecule has 0 aliphatic carbocycles. The van der Waals surface area contributed by atoms with Gasteiger partial charge in [0.15, 0.2) is 0 Å². The van der Waals surface area contributed by atoms with Crippen molar-refractivity contribution in [2.75, 3.05) is 7.11 Å². The van der Waals surface area contributed by atoms with Gasteiger partial charge in [-0.15, -0.1) is 11.3 Å². The van der Waals surface area contributed by atoms with Gasteiger partial charge in [0.25, 0.3) is 0 Å². The van der Waals surface area contributed by atoms with E-state index in [1.807, 2.05) is 18.2 Å². The molecule has 0 unspecified atom stereocenters. The van der Waals surface area contributed by atoms with Crippen molar-refractivity contribution in [1.29, 1.82) is 0 Å². The summed E-state index contributed by atoms with van der Waals surface area (Å²) in [7, 11) is 1.59. The average Bonchev–Trinajstić information content (AvgIpc) is 2.83. The molecule has 19 heavy (non-hydrogen) atoms. The molecule has 0 saturated heterocycles. The van der Waals surface area contributed by atoms with Crippen molar-refractivity contribution in [3.05, 3.63) is 40.3 Å². The first-order chi connectivity index (χ1) is 9.17. The Morgan fingerprint density at radius 1 is 1.42 bits per heavy atom. The normalized spacial score (nSPS) is 10.2. The highest BCUT2D eigenvalue weighted by Crippen LogP contribution is 2.20. The molecule has 100 valence electrons. The van der Waals surface area contributed by atoms with Gasteiger partial charge in [0.2, 0.25) is 0 Å². The molecule has 0 fully saturated rings. The maximum atomic E-state index is 10.4. The number of aliphatic carboxylic acids is 1. The number of carboxylic acid groups (broad SMARTS) is 1. The van der Waals surface area contributed by atoms with Gasteiger partial charge in [-0.05, 0) is 12.1 Å². The Morgan fingerprint density at radius 3 is 2.95 bits per heavy atom. The van der Waals surface area contributed by atoms with E-state index < -0.39 is 5.97 Å². The number of methoxy groups -OCH3 is 1. The van der Waals surface area contributed by atoms with Gasteiger partial charge in [-0.3, -0.25) is 0 Å². The zero-order chi connectivity index (χ0) is 13.7. The van der Waals surface area contributed by atoms with Crippen molar-refractivity contribution in [3.63, 3.8) is 0 Å². The second-order valence-corrected chi connectivity index (χ2v) is 4.69. The predicted octanol–water partition coefficient (Wildman–Crippen LogP) is 1.02. The van der Waals surface area contributed by atoms with E-state index in [2.05, 4.69) is 4.98 Å². The third-order valence-electron chi connectivity index (χ3n) is 2.33. The van der Waals surface area contributed by atoms with Crippen LogP contribution in [0.3, 0.4) is 0 Å². The Bertz CT molecular complexity index is 567. The number of hydrogen-bond donors (Lipinski definition) is 0. The van der Waals surface area contributed by atoms with Gasteiger partial charge in [0.1, 0.15) is 23.1 Å². The summed E-state index contributed by atoms with van der Waals surface area (Å²) in [5.74, 6) is 0.260. The fraction of sp³-hybridized carbons (Fsp3) is 0.231. The first-order valence-electron chi connectivity index (χ1n) is 5.57. The molecule has 2 aromatic rings. The zero-order valence-corrected chi connectivity index (χ0v) is 11.1. The van der Waals surface area contributed by atoms with Crippen molar-refractivity contribution in [2.24, 2.45) is 0 Å². The van der Waals surface area contributed by atoms with E-state index in [1.165, 1.54) is 11.3 Å². The van der Waals surface area contributed by atoms with Crippen molar-refractivity contribution >= 4 is 17.3 Å². The van der Waals surface area contributed by atoms with E-state index in [-0.39, 0.29) is 6.42 Å². The molecule has 0 N–H and O–H groups in total. The Labute approximate surface area is 114 Å². The van der Waals surface area contributed by atoms with E-state index in [0.29, 0.717) is 23.8 Å². The highest BCUT2D eigenvalue weighted by atomic mass is 32.1. The molecule has 1 heterocycles. The number of aromatic nitrogens is 1. The van der Waals surface area contributed by atoms with Gasteiger partial charge in [-0.1, -0.05) is 6.07 Å². The number of nitrogens with zero attached hydrogens (tertiary/aromatic N) is 1. The molecule has 0 aliphatic rings. The number of hydrogen-bond acceptors (Lipinski definition) is 6. The van der Waals surface area contributed by atoms with Crippen LogP contribution < -0.4 is 14.6 Å². The minimum Gasteiger partial charge on any atom is -0.550 e. The predicted molar refractivity (Wildman–Crippen MR) is 68.2 cm³/mol. The summed E-state index contributed by atoms with van der Waals surface area (Å²) < 4.78 is 10.6. The van der Waals surface area contributed by atoms with Crippen LogP contribution in [0.4, 0.5) is 0 Å². The molecular formula is C13H12NO4S-.